The Kier molecular flexibility index (Phi) is 7.31. The molecule has 278 valence electrons. The largest absolute Gasteiger partial charge is 0.309 e. The van der Waals surface area contributed by atoms with E-state index in [0.29, 0.717) is 0 Å². The van der Waals surface area contributed by atoms with Crippen LogP contribution in [-0.2, 0) is 5.41 Å². The lowest BCUT2D eigenvalue weighted by atomic mass is 9.82. The molecule has 1 aliphatic carbocycles. The fraction of sp³-hybridized carbons (Fsp3) is 0.0526. The fourth-order valence-electron chi connectivity index (χ4n) is 10.00. The van der Waals surface area contributed by atoms with Crippen LogP contribution in [0.15, 0.2) is 206 Å². The predicted octanol–water partition coefficient (Wildman–Crippen LogP) is 15.2. The summed E-state index contributed by atoms with van der Waals surface area (Å²) >= 11 is 0. The summed E-state index contributed by atoms with van der Waals surface area (Å²) in [5, 5.41) is 5.03. The maximum atomic E-state index is 2.51. The van der Waals surface area contributed by atoms with Crippen LogP contribution < -0.4 is 0 Å². The summed E-state index contributed by atoms with van der Waals surface area (Å²) in [6.45, 7) is 4.75. The third-order valence-corrected chi connectivity index (χ3v) is 12.9. The van der Waals surface area contributed by atoms with Gasteiger partial charge >= 0.3 is 0 Å². The van der Waals surface area contributed by atoms with Gasteiger partial charge < -0.3 is 9.13 Å². The highest BCUT2D eigenvalue weighted by atomic mass is 15.0. The molecule has 0 atom stereocenters. The zero-order valence-electron chi connectivity index (χ0n) is 33.0. The zero-order chi connectivity index (χ0) is 39.2. The molecule has 0 aliphatic heterocycles. The molecule has 2 heteroatoms. The summed E-state index contributed by atoms with van der Waals surface area (Å²) in [7, 11) is 0. The Morgan fingerprint density at radius 2 is 0.746 bits per heavy atom. The van der Waals surface area contributed by atoms with Crippen molar-refractivity contribution in [1.29, 1.82) is 0 Å². The van der Waals surface area contributed by atoms with Gasteiger partial charge in [0.2, 0.25) is 0 Å². The van der Waals surface area contributed by atoms with Gasteiger partial charge in [-0.05, 0) is 128 Å². The van der Waals surface area contributed by atoms with Crippen LogP contribution in [0.1, 0.15) is 25.0 Å². The van der Waals surface area contributed by atoms with E-state index in [-0.39, 0.29) is 5.41 Å². The van der Waals surface area contributed by atoms with Crippen molar-refractivity contribution in [2.45, 2.75) is 19.3 Å². The number of nitrogens with zero attached hydrogens (tertiary/aromatic N) is 2. The summed E-state index contributed by atoms with van der Waals surface area (Å²) in [5.74, 6) is 0. The van der Waals surface area contributed by atoms with Crippen molar-refractivity contribution in [2.24, 2.45) is 0 Å². The van der Waals surface area contributed by atoms with Crippen LogP contribution in [0.3, 0.4) is 0 Å². The number of hydrogen-bond donors (Lipinski definition) is 0. The first-order chi connectivity index (χ1) is 29.0. The van der Waals surface area contributed by atoms with Gasteiger partial charge in [0, 0.05) is 38.3 Å². The molecule has 0 fully saturated rings. The molecular weight excluding hydrogens is 713 g/mol. The summed E-state index contributed by atoms with van der Waals surface area (Å²) < 4.78 is 4.94. The minimum atomic E-state index is -0.115. The fourth-order valence-corrected chi connectivity index (χ4v) is 10.00. The normalized spacial score (nSPS) is 13.1. The summed E-state index contributed by atoms with van der Waals surface area (Å²) in [6.07, 6.45) is 0. The van der Waals surface area contributed by atoms with E-state index in [1.807, 2.05) is 0 Å². The molecule has 0 saturated carbocycles. The number of benzene rings is 9. The molecule has 2 nitrogen and oxygen atoms in total. The van der Waals surface area contributed by atoms with E-state index >= 15 is 0 Å². The molecule has 0 bridgehead atoms. The number of fused-ring (bicyclic) bond motifs is 9. The Bertz CT molecular complexity index is 3360. The van der Waals surface area contributed by atoms with Crippen molar-refractivity contribution in [3.05, 3.63) is 217 Å². The highest BCUT2D eigenvalue weighted by Crippen LogP contribution is 2.51. The van der Waals surface area contributed by atoms with Gasteiger partial charge in [-0.1, -0.05) is 147 Å². The summed E-state index contributed by atoms with van der Waals surface area (Å²) in [6, 6.07) is 76.1. The van der Waals surface area contributed by atoms with Crippen molar-refractivity contribution in [1.82, 2.24) is 9.13 Å². The van der Waals surface area contributed by atoms with E-state index in [0.717, 1.165) is 5.69 Å². The molecule has 59 heavy (non-hydrogen) atoms. The SMILES string of the molecule is CC1(C)c2ccccc2-c2cc3c4cc5c(cc4n(-c4ccc(-c6cc(-c7ccccc7)cc(-c7ccccc7)c6)cc4)c3cc21)c1ccccc1n5-c1ccccc1. The van der Waals surface area contributed by atoms with Crippen LogP contribution in [0.4, 0.5) is 0 Å². The van der Waals surface area contributed by atoms with Crippen LogP contribution >= 0.6 is 0 Å². The highest BCUT2D eigenvalue weighted by molar-refractivity contribution is 6.20. The van der Waals surface area contributed by atoms with Crippen LogP contribution in [0.25, 0.3) is 99.5 Å². The minimum Gasteiger partial charge on any atom is -0.309 e. The second kappa shape index (κ2) is 12.8. The Morgan fingerprint density at radius 1 is 0.288 bits per heavy atom. The van der Waals surface area contributed by atoms with Crippen molar-refractivity contribution >= 4 is 43.6 Å². The van der Waals surface area contributed by atoms with Crippen molar-refractivity contribution in [3.63, 3.8) is 0 Å². The molecule has 11 aromatic rings. The van der Waals surface area contributed by atoms with Gasteiger partial charge in [0.25, 0.3) is 0 Å². The monoisotopic (exact) mass is 752 g/mol. The van der Waals surface area contributed by atoms with Crippen molar-refractivity contribution in [3.8, 4) is 55.9 Å². The topological polar surface area (TPSA) is 9.86 Å². The van der Waals surface area contributed by atoms with E-state index in [9.17, 15) is 0 Å². The minimum absolute atomic E-state index is 0.115. The molecule has 0 radical (unpaired) electrons. The molecule has 0 saturated heterocycles. The van der Waals surface area contributed by atoms with E-state index < -0.39 is 0 Å². The first-order valence-corrected chi connectivity index (χ1v) is 20.6. The van der Waals surface area contributed by atoms with Crippen molar-refractivity contribution in [2.75, 3.05) is 0 Å². The summed E-state index contributed by atoms with van der Waals surface area (Å²) in [4.78, 5) is 0. The maximum Gasteiger partial charge on any atom is 0.0548 e. The van der Waals surface area contributed by atoms with Crippen molar-refractivity contribution < 1.29 is 0 Å². The Balaban J connectivity index is 1.10. The van der Waals surface area contributed by atoms with Gasteiger partial charge in [0.15, 0.2) is 0 Å². The van der Waals surface area contributed by atoms with Gasteiger partial charge in [-0.2, -0.15) is 0 Å². The average Bonchev–Trinajstić information content (AvgIpc) is 3.87. The van der Waals surface area contributed by atoms with Crippen LogP contribution in [-0.4, -0.2) is 9.13 Å². The number of rotatable bonds is 5. The average molecular weight is 753 g/mol. The van der Waals surface area contributed by atoms with Crippen LogP contribution in [0, 0.1) is 0 Å². The van der Waals surface area contributed by atoms with E-state index in [4.69, 9.17) is 0 Å². The molecule has 0 amide bonds. The lowest BCUT2D eigenvalue weighted by Gasteiger charge is -2.21. The number of hydrogen-bond acceptors (Lipinski definition) is 0. The summed E-state index contributed by atoms with van der Waals surface area (Å²) in [5.41, 5.74) is 19.8. The highest BCUT2D eigenvalue weighted by Gasteiger charge is 2.36. The quantitative estimate of drug-likeness (QED) is 0.166. The first kappa shape index (κ1) is 33.7. The third kappa shape index (κ3) is 5.13. The molecule has 0 N–H and O–H groups in total. The van der Waals surface area contributed by atoms with Gasteiger partial charge in [0.1, 0.15) is 0 Å². The third-order valence-electron chi connectivity index (χ3n) is 12.9. The molecule has 12 rings (SSSR count). The number of aromatic nitrogens is 2. The smallest absolute Gasteiger partial charge is 0.0548 e. The van der Waals surface area contributed by atoms with Gasteiger partial charge in [-0.25, -0.2) is 0 Å². The van der Waals surface area contributed by atoms with E-state index in [1.54, 1.807) is 0 Å². The lowest BCUT2D eigenvalue weighted by Crippen LogP contribution is -2.14. The lowest BCUT2D eigenvalue weighted by molar-refractivity contribution is 0.661. The number of para-hydroxylation sites is 2. The Labute approximate surface area is 343 Å². The molecule has 0 spiro atoms. The molecular formula is C57H40N2. The predicted molar refractivity (Wildman–Crippen MR) is 249 cm³/mol. The zero-order valence-corrected chi connectivity index (χ0v) is 33.0. The van der Waals surface area contributed by atoms with Crippen LogP contribution in [0.5, 0.6) is 0 Å². The van der Waals surface area contributed by atoms with Gasteiger partial charge in [-0.3, -0.25) is 0 Å². The van der Waals surface area contributed by atoms with E-state index in [1.165, 1.54) is 105 Å². The van der Waals surface area contributed by atoms with E-state index in [2.05, 4.69) is 229 Å². The Morgan fingerprint density at radius 3 is 1.39 bits per heavy atom. The molecule has 2 heterocycles. The molecule has 0 unspecified atom stereocenters. The second-order valence-corrected chi connectivity index (χ2v) is 16.6. The maximum absolute atomic E-state index is 2.51. The van der Waals surface area contributed by atoms with Gasteiger partial charge in [-0.15, -0.1) is 0 Å². The first-order valence-electron chi connectivity index (χ1n) is 20.6. The van der Waals surface area contributed by atoms with Crippen LogP contribution in [0.2, 0.25) is 0 Å². The second-order valence-electron chi connectivity index (χ2n) is 16.6. The Hall–Kier alpha value is -7.42. The molecule has 2 aromatic heterocycles. The van der Waals surface area contributed by atoms with Gasteiger partial charge in [0.05, 0.1) is 22.1 Å². The molecule has 9 aromatic carbocycles. The molecule has 1 aliphatic rings. The standard InChI is InChI=1S/C57H40N2/c1-57(2)51-24-14-12-22-45(51)47-33-48-50-35-54-49(46-23-13-15-25-53(46)58(54)43-20-10-5-11-21-43)34-55(50)59(56(48)36-52(47)57)44-28-26-39(27-29-44)42-31-40(37-16-6-3-7-17-37)30-41(32-42)38-18-8-4-9-19-38/h3-36H,1-2H3.